The van der Waals surface area contributed by atoms with E-state index in [1.165, 1.54) is 0 Å². The van der Waals surface area contributed by atoms with Gasteiger partial charge in [-0.05, 0) is 35.7 Å². The minimum Gasteiger partial charge on any atom is -0.319 e. The fourth-order valence-corrected chi connectivity index (χ4v) is 3.21. The number of nitrogens with one attached hydrogen (secondary N) is 1. The summed E-state index contributed by atoms with van der Waals surface area (Å²) >= 11 is 0. The second kappa shape index (κ2) is 6.85. The van der Waals surface area contributed by atoms with E-state index in [9.17, 15) is 14.9 Å². The van der Waals surface area contributed by atoms with Crippen LogP contribution in [0.15, 0.2) is 42.5 Å². The van der Waals surface area contributed by atoms with E-state index in [2.05, 4.69) is 11.4 Å². The molecule has 0 aromatic heterocycles. The van der Waals surface area contributed by atoms with Gasteiger partial charge in [0.2, 0.25) is 0 Å². The maximum absolute atomic E-state index is 13.0. The number of urea groups is 1. The predicted octanol–water partition coefficient (Wildman–Crippen LogP) is 3.05. The molecular weight excluding hydrogens is 328 g/mol. The number of carbonyl (C=O) groups excluding carboxylic acids is 2. The van der Waals surface area contributed by atoms with E-state index >= 15 is 0 Å². The van der Waals surface area contributed by atoms with Crippen LogP contribution in [-0.2, 0) is 10.3 Å². The van der Waals surface area contributed by atoms with Crippen LogP contribution in [0.3, 0.4) is 0 Å². The van der Waals surface area contributed by atoms with E-state index in [1.807, 2.05) is 48.5 Å². The largest absolute Gasteiger partial charge is 0.325 e. The minimum atomic E-state index is -1.17. The van der Waals surface area contributed by atoms with Gasteiger partial charge in [-0.15, -0.1) is 0 Å². The summed E-state index contributed by atoms with van der Waals surface area (Å²) < 4.78 is 0. The zero-order chi connectivity index (χ0) is 18.7. The lowest BCUT2D eigenvalue weighted by Gasteiger charge is -2.23. The number of imide groups is 1. The predicted molar refractivity (Wildman–Crippen MR) is 95.5 cm³/mol. The van der Waals surface area contributed by atoms with Crippen LogP contribution in [0.1, 0.15) is 25.3 Å². The summed E-state index contributed by atoms with van der Waals surface area (Å²) in [5, 5.41) is 22.7. The number of nitriles is 2. The Labute approximate surface area is 151 Å². The third-order valence-electron chi connectivity index (χ3n) is 4.79. The Morgan fingerprint density at radius 3 is 2.58 bits per heavy atom. The van der Waals surface area contributed by atoms with Crippen LogP contribution in [0.4, 0.5) is 4.79 Å². The van der Waals surface area contributed by atoms with Gasteiger partial charge in [0.25, 0.3) is 5.91 Å². The Bertz CT molecular complexity index is 956. The van der Waals surface area contributed by atoms with Gasteiger partial charge in [-0.1, -0.05) is 36.4 Å². The lowest BCUT2D eigenvalue weighted by Crippen LogP contribution is -2.41. The molecular formula is C20H18N4O2. The zero-order valence-corrected chi connectivity index (χ0v) is 14.4. The number of fused-ring (bicyclic) bond motifs is 1. The van der Waals surface area contributed by atoms with Gasteiger partial charge < -0.3 is 5.32 Å². The van der Waals surface area contributed by atoms with Gasteiger partial charge in [-0.3, -0.25) is 9.69 Å². The normalized spacial score (nSPS) is 20.5. The average molecular weight is 346 g/mol. The van der Waals surface area contributed by atoms with Crippen molar-refractivity contribution in [2.45, 2.75) is 25.3 Å². The third-order valence-corrected chi connectivity index (χ3v) is 4.79. The number of rotatable bonds is 5. The first kappa shape index (κ1) is 17.4. The van der Waals surface area contributed by atoms with Gasteiger partial charge >= 0.3 is 6.03 Å². The van der Waals surface area contributed by atoms with Crippen molar-refractivity contribution in [2.24, 2.45) is 5.92 Å². The van der Waals surface area contributed by atoms with E-state index in [0.29, 0.717) is 12.0 Å². The summed E-state index contributed by atoms with van der Waals surface area (Å²) in [5.41, 5.74) is -0.473. The van der Waals surface area contributed by atoms with Crippen molar-refractivity contribution in [3.05, 3.63) is 48.0 Å². The summed E-state index contributed by atoms with van der Waals surface area (Å²) in [6.45, 7) is 1.67. The molecule has 0 saturated carbocycles. The molecule has 26 heavy (non-hydrogen) atoms. The second-order valence-electron chi connectivity index (χ2n) is 6.56. The summed E-state index contributed by atoms with van der Waals surface area (Å²) in [6, 6.07) is 17.0. The maximum atomic E-state index is 13.0. The van der Waals surface area contributed by atoms with Crippen molar-refractivity contribution in [1.82, 2.24) is 10.2 Å². The molecule has 1 fully saturated rings. The van der Waals surface area contributed by atoms with Crippen LogP contribution in [0.5, 0.6) is 0 Å². The Morgan fingerprint density at radius 2 is 1.88 bits per heavy atom. The Balaban J connectivity index is 1.88. The van der Waals surface area contributed by atoms with E-state index in [4.69, 9.17) is 5.26 Å². The number of benzene rings is 2. The van der Waals surface area contributed by atoms with Gasteiger partial charge in [-0.25, -0.2) is 4.79 Å². The van der Waals surface area contributed by atoms with Crippen molar-refractivity contribution >= 4 is 22.7 Å². The molecule has 1 heterocycles. The number of hydrogen-bond acceptors (Lipinski definition) is 4. The average Bonchev–Trinajstić information content (AvgIpc) is 2.88. The van der Waals surface area contributed by atoms with E-state index in [0.717, 1.165) is 15.7 Å². The highest BCUT2D eigenvalue weighted by Crippen LogP contribution is 2.31. The highest BCUT2D eigenvalue weighted by Gasteiger charge is 2.49. The SMILES string of the molecule is C[C@]1(c2ccc3ccccc3c2)NC(=O)N(C[C@@H](C#N)CCC#N)C1=O. The molecule has 1 N–H and O–H groups in total. The number of nitrogens with zero attached hydrogens (tertiary/aromatic N) is 3. The van der Waals surface area contributed by atoms with Crippen molar-refractivity contribution in [1.29, 1.82) is 10.5 Å². The quantitative estimate of drug-likeness (QED) is 0.841. The van der Waals surface area contributed by atoms with Crippen molar-refractivity contribution in [2.75, 3.05) is 6.54 Å². The molecule has 2 aromatic carbocycles. The van der Waals surface area contributed by atoms with Crippen LogP contribution in [0.2, 0.25) is 0 Å². The standard InChI is InChI=1S/C20H18N4O2/c1-20(17-9-8-15-6-2-3-7-16(15)11-17)18(25)24(19(26)23-20)13-14(12-22)5-4-10-21/h2-3,6-9,11,14H,4-5,13H2,1H3,(H,23,26)/t14-,20-/m1/s1. The molecule has 1 aliphatic heterocycles. The van der Waals surface area contributed by atoms with E-state index < -0.39 is 17.5 Å². The number of carbonyl (C=O) groups is 2. The minimum absolute atomic E-state index is 0.00792. The Kier molecular flexibility index (Phi) is 4.60. The van der Waals surface area contributed by atoms with Crippen LogP contribution in [0.25, 0.3) is 10.8 Å². The molecule has 1 saturated heterocycles. The fraction of sp³-hybridized carbons (Fsp3) is 0.300. The topological polar surface area (TPSA) is 97.0 Å². The van der Waals surface area contributed by atoms with Crippen molar-refractivity contribution in [3.8, 4) is 12.1 Å². The first-order valence-corrected chi connectivity index (χ1v) is 8.39. The number of hydrogen-bond donors (Lipinski definition) is 1. The second-order valence-corrected chi connectivity index (χ2v) is 6.56. The molecule has 6 heteroatoms. The van der Waals surface area contributed by atoms with Gasteiger partial charge in [0.1, 0.15) is 5.54 Å². The third kappa shape index (κ3) is 2.98. The number of amides is 3. The van der Waals surface area contributed by atoms with E-state index in [-0.39, 0.29) is 18.9 Å². The molecule has 0 bridgehead atoms. The first-order valence-electron chi connectivity index (χ1n) is 8.39. The first-order chi connectivity index (χ1) is 12.5. The molecule has 2 atom stereocenters. The zero-order valence-electron chi connectivity index (χ0n) is 14.4. The molecule has 1 aliphatic rings. The molecule has 0 unspecified atom stereocenters. The van der Waals surface area contributed by atoms with Gasteiger partial charge in [0.05, 0.1) is 18.1 Å². The van der Waals surface area contributed by atoms with Crippen LogP contribution >= 0.6 is 0 Å². The summed E-state index contributed by atoms with van der Waals surface area (Å²) in [5.74, 6) is -0.932. The van der Waals surface area contributed by atoms with Crippen molar-refractivity contribution in [3.63, 3.8) is 0 Å². The monoisotopic (exact) mass is 346 g/mol. The van der Waals surface area contributed by atoms with Crippen LogP contribution < -0.4 is 5.32 Å². The summed E-state index contributed by atoms with van der Waals surface area (Å²) in [4.78, 5) is 26.4. The van der Waals surface area contributed by atoms with Gasteiger partial charge in [0.15, 0.2) is 0 Å². The van der Waals surface area contributed by atoms with Crippen LogP contribution in [0, 0.1) is 28.6 Å². The molecule has 2 aromatic rings. The smallest absolute Gasteiger partial charge is 0.319 e. The van der Waals surface area contributed by atoms with Gasteiger partial charge in [0, 0.05) is 13.0 Å². The summed E-state index contributed by atoms with van der Waals surface area (Å²) in [6.07, 6.45) is 0.542. The Morgan fingerprint density at radius 1 is 1.15 bits per heavy atom. The van der Waals surface area contributed by atoms with E-state index in [1.54, 1.807) is 6.92 Å². The highest BCUT2D eigenvalue weighted by molar-refractivity contribution is 6.07. The molecule has 3 amide bonds. The molecule has 0 radical (unpaired) electrons. The molecule has 130 valence electrons. The molecule has 3 rings (SSSR count). The van der Waals surface area contributed by atoms with Crippen LogP contribution in [-0.4, -0.2) is 23.4 Å². The molecule has 6 nitrogen and oxygen atoms in total. The molecule has 0 aliphatic carbocycles. The fourth-order valence-electron chi connectivity index (χ4n) is 3.21. The Hall–Kier alpha value is -3.38. The lowest BCUT2D eigenvalue weighted by atomic mass is 9.90. The maximum Gasteiger partial charge on any atom is 0.325 e. The molecule has 0 spiro atoms. The lowest BCUT2D eigenvalue weighted by molar-refractivity contribution is -0.131. The van der Waals surface area contributed by atoms with Crippen molar-refractivity contribution < 1.29 is 9.59 Å². The highest BCUT2D eigenvalue weighted by atomic mass is 16.2. The van der Waals surface area contributed by atoms with Gasteiger partial charge in [-0.2, -0.15) is 10.5 Å². The summed E-state index contributed by atoms with van der Waals surface area (Å²) in [7, 11) is 0.